The van der Waals surface area contributed by atoms with E-state index in [1.807, 2.05) is 38.7 Å². The van der Waals surface area contributed by atoms with E-state index in [9.17, 15) is 4.79 Å². The summed E-state index contributed by atoms with van der Waals surface area (Å²) < 4.78 is 0. The van der Waals surface area contributed by atoms with E-state index in [0.717, 1.165) is 13.1 Å². The molecule has 0 unspecified atom stereocenters. The fraction of sp³-hybridized carbons (Fsp3) is 0.727. The Balaban J connectivity index is 4.30. The first kappa shape index (κ1) is 12.2. The molecule has 0 rings (SSSR count). The summed E-state index contributed by atoms with van der Waals surface area (Å²) in [6, 6.07) is 0. The third-order valence-electron chi connectivity index (χ3n) is 2.63. The van der Waals surface area contributed by atoms with E-state index in [-0.39, 0.29) is 17.7 Å². The van der Waals surface area contributed by atoms with Crippen molar-refractivity contribution in [3.63, 3.8) is 0 Å². The lowest BCUT2D eigenvalue weighted by atomic mass is 9.95. The summed E-state index contributed by atoms with van der Waals surface area (Å²) in [6.07, 6.45) is 1.84. The van der Waals surface area contributed by atoms with Crippen LogP contribution in [0.15, 0.2) is 12.7 Å². The summed E-state index contributed by atoms with van der Waals surface area (Å²) in [5.41, 5.74) is 0. The van der Waals surface area contributed by atoms with Crippen molar-refractivity contribution in [2.75, 3.05) is 13.1 Å². The Hall–Kier alpha value is -0.790. The molecule has 1 amide bonds. The predicted octanol–water partition coefficient (Wildman–Crippen LogP) is 2.31. The summed E-state index contributed by atoms with van der Waals surface area (Å²) in [4.78, 5) is 13.6. The molecule has 0 saturated heterocycles. The van der Waals surface area contributed by atoms with Crippen LogP contribution in [0.3, 0.4) is 0 Å². The Bertz CT molecular complexity index is 173. The molecule has 13 heavy (non-hydrogen) atoms. The summed E-state index contributed by atoms with van der Waals surface area (Å²) in [5, 5.41) is 0. The smallest absolute Gasteiger partial charge is 0.225 e. The Labute approximate surface area is 81.6 Å². The molecule has 0 aromatic carbocycles. The number of amides is 1. The van der Waals surface area contributed by atoms with E-state index in [0.29, 0.717) is 0 Å². The molecule has 0 N–H and O–H groups in total. The largest absolute Gasteiger partial charge is 0.343 e. The molecule has 0 aromatic rings. The van der Waals surface area contributed by atoms with Gasteiger partial charge in [-0.15, -0.1) is 6.58 Å². The van der Waals surface area contributed by atoms with Crippen LogP contribution in [0, 0.1) is 11.8 Å². The Morgan fingerprint density at radius 3 is 2.15 bits per heavy atom. The van der Waals surface area contributed by atoms with Crippen LogP contribution in [-0.4, -0.2) is 23.9 Å². The van der Waals surface area contributed by atoms with Gasteiger partial charge in [0.05, 0.1) is 0 Å². The van der Waals surface area contributed by atoms with Crippen molar-refractivity contribution in [3.8, 4) is 0 Å². The monoisotopic (exact) mass is 183 g/mol. The molecule has 0 aliphatic carbocycles. The van der Waals surface area contributed by atoms with E-state index < -0.39 is 0 Å². The molecule has 0 aromatic heterocycles. The highest BCUT2D eigenvalue weighted by Gasteiger charge is 2.21. The number of nitrogens with zero attached hydrogens (tertiary/aromatic N) is 1. The van der Waals surface area contributed by atoms with Gasteiger partial charge in [-0.05, 0) is 19.8 Å². The highest BCUT2D eigenvalue weighted by atomic mass is 16.2. The van der Waals surface area contributed by atoms with Crippen molar-refractivity contribution < 1.29 is 4.79 Å². The molecule has 2 atom stereocenters. The lowest BCUT2D eigenvalue weighted by Gasteiger charge is -2.25. The maximum Gasteiger partial charge on any atom is 0.225 e. The van der Waals surface area contributed by atoms with Gasteiger partial charge in [0.1, 0.15) is 0 Å². The van der Waals surface area contributed by atoms with Crippen LogP contribution in [0.4, 0.5) is 0 Å². The molecule has 0 saturated carbocycles. The number of hydrogen-bond acceptors (Lipinski definition) is 1. The zero-order chi connectivity index (χ0) is 10.4. The summed E-state index contributed by atoms with van der Waals surface area (Å²) >= 11 is 0. The minimum Gasteiger partial charge on any atom is -0.343 e. The maximum absolute atomic E-state index is 11.8. The molecule has 2 heteroatoms. The van der Waals surface area contributed by atoms with Crippen molar-refractivity contribution in [3.05, 3.63) is 12.7 Å². The van der Waals surface area contributed by atoms with Gasteiger partial charge >= 0.3 is 0 Å². The van der Waals surface area contributed by atoms with Gasteiger partial charge < -0.3 is 4.90 Å². The van der Waals surface area contributed by atoms with E-state index >= 15 is 0 Å². The van der Waals surface area contributed by atoms with Crippen molar-refractivity contribution in [1.29, 1.82) is 0 Å². The molecule has 0 radical (unpaired) electrons. The van der Waals surface area contributed by atoms with Crippen LogP contribution in [-0.2, 0) is 4.79 Å². The standard InChI is InChI=1S/C11H21NO/c1-6-9(4)10(5)11(13)12(7-2)8-3/h6,9-10H,1,7-8H2,2-5H3/t9-,10+/m0/s1. The van der Waals surface area contributed by atoms with Crippen molar-refractivity contribution >= 4 is 5.91 Å². The third-order valence-corrected chi connectivity index (χ3v) is 2.63. The third kappa shape index (κ3) is 3.21. The van der Waals surface area contributed by atoms with E-state index in [1.54, 1.807) is 0 Å². The first-order valence-electron chi connectivity index (χ1n) is 4.99. The number of carbonyl (C=O) groups is 1. The highest BCUT2D eigenvalue weighted by Crippen LogP contribution is 2.14. The average Bonchev–Trinajstić information content (AvgIpc) is 2.17. The molecule has 0 fully saturated rings. The molecule has 0 aliphatic heterocycles. The fourth-order valence-electron chi connectivity index (χ4n) is 1.25. The van der Waals surface area contributed by atoms with Gasteiger partial charge in [0.25, 0.3) is 0 Å². The fourth-order valence-corrected chi connectivity index (χ4v) is 1.25. The molecule has 76 valence electrons. The molecule has 0 aliphatic rings. The first-order valence-corrected chi connectivity index (χ1v) is 4.99. The SMILES string of the molecule is C=C[C@H](C)[C@@H](C)C(=O)N(CC)CC. The Morgan fingerprint density at radius 2 is 1.85 bits per heavy atom. The van der Waals surface area contributed by atoms with Gasteiger partial charge in [-0.2, -0.15) is 0 Å². The number of allylic oxidation sites excluding steroid dienone is 1. The number of carbonyl (C=O) groups excluding carboxylic acids is 1. The van der Waals surface area contributed by atoms with E-state index in [1.165, 1.54) is 0 Å². The van der Waals surface area contributed by atoms with E-state index in [2.05, 4.69) is 6.58 Å². The van der Waals surface area contributed by atoms with Crippen molar-refractivity contribution in [2.45, 2.75) is 27.7 Å². The van der Waals surface area contributed by atoms with Gasteiger partial charge in [0.15, 0.2) is 0 Å². The van der Waals surface area contributed by atoms with Crippen LogP contribution in [0.5, 0.6) is 0 Å². The van der Waals surface area contributed by atoms with Crippen LogP contribution < -0.4 is 0 Å². The molecule has 0 bridgehead atoms. The number of rotatable bonds is 5. The quantitative estimate of drug-likeness (QED) is 0.599. The van der Waals surface area contributed by atoms with Gasteiger partial charge in [0.2, 0.25) is 5.91 Å². The molecule has 0 heterocycles. The first-order chi connectivity index (χ1) is 6.08. The maximum atomic E-state index is 11.8. The second kappa shape index (κ2) is 5.79. The van der Waals surface area contributed by atoms with E-state index in [4.69, 9.17) is 0 Å². The molecule has 0 spiro atoms. The van der Waals surface area contributed by atoms with Crippen LogP contribution >= 0.6 is 0 Å². The zero-order valence-corrected chi connectivity index (χ0v) is 9.21. The second-order valence-corrected chi connectivity index (χ2v) is 3.39. The normalized spacial score (nSPS) is 14.8. The Morgan fingerprint density at radius 1 is 1.38 bits per heavy atom. The lowest BCUT2D eigenvalue weighted by molar-refractivity contribution is -0.135. The van der Waals surface area contributed by atoms with Crippen LogP contribution in [0.25, 0.3) is 0 Å². The van der Waals surface area contributed by atoms with Crippen LogP contribution in [0.2, 0.25) is 0 Å². The molecular weight excluding hydrogens is 162 g/mol. The minimum atomic E-state index is 0.0531. The molecule has 2 nitrogen and oxygen atoms in total. The van der Waals surface area contributed by atoms with Gasteiger partial charge in [-0.3, -0.25) is 4.79 Å². The molecular formula is C11H21NO. The Kier molecular flexibility index (Phi) is 5.44. The minimum absolute atomic E-state index is 0.0531. The highest BCUT2D eigenvalue weighted by molar-refractivity contribution is 5.78. The zero-order valence-electron chi connectivity index (χ0n) is 9.21. The summed E-state index contributed by atoms with van der Waals surface area (Å²) in [5.74, 6) is 0.544. The van der Waals surface area contributed by atoms with Crippen LogP contribution in [0.1, 0.15) is 27.7 Å². The van der Waals surface area contributed by atoms with Gasteiger partial charge in [0, 0.05) is 19.0 Å². The predicted molar refractivity (Wildman–Crippen MR) is 56.5 cm³/mol. The average molecular weight is 183 g/mol. The summed E-state index contributed by atoms with van der Waals surface area (Å²) in [7, 11) is 0. The van der Waals surface area contributed by atoms with Crippen molar-refractivity contribution in [2.24, 2.45) is 11.8 Å². The topological polar surface area (TPSA) is 20.3 Å². The summed E-state index contributed by atoms with van der Waals surface area (Å²) in [6.45, 7) is 13.3. The second-order valence-electron chi connectivity index (χ2n) is 3.39. The van der Waals surface area contributed by atoms with Gasteiger partial charge in [-0.1, -0.05) is 19.9 Å². The van der Waals surface area contributed by atoms with Crippen molar-refractivity contribution in [1.82, 2.24) is 4.90 Å². The van der Waals surface area contributed by atoms with Gasteiger partial charge in [-0.25, -0.2) is 0 Å². The number of hydrogen-bond donors (Lipinski definition) is 0. The lowest BCUT2D eigenvalue weighted by Crippen LogP contribution is -2.36.